The molecule has 2 aromatic heterocycles. The molecule has 0 aliphatic rings. The van der Waals surface area contributed by atoms with Gasteiger partial charge >= 0.3 is 0 Å². The molecular formula is C18H21N3. The molecule has 0 saturated carbocycles. The summed E-state index contributed by atoms with van der Waals surface area (Å²) in [5, 5.41) is 0. The Hall–Kier alpha value is -2.16. The molecule has 2 atom stereocenters. The standard InChI is InChI=1S/C18H21N3/c1-13(15-9-11-19-12-10-15)7-8-14(2)18-20-16-5-3-4-6-17(16)21-18/h3-6,9-14H,7-8H2,1-2H3,(H,20,21). The molecule has 0 spiro atoms. The van der Waals surface area contributed by atoms with Crippen LogP contribution in [0, 0.1) is 0 Å². The topological polar surface area (TPSA) is 41.6 Å². The third-order valence-corrected chi connectivity index (χ3v) is 4.18. The predicted molar refractivity (Wildman–Crippen MR) is 86.4 cm³/mol. The number of para-hydroxylation sites is 2. The Morgan fingerprint density at radius 1 is 0.952 bits per heavy atom. The zero-order valence-corrected chi connectivity index (χ0v) is 12.6. The summed E-state index contributed by atoms with van der Waals surface area (Å²) in [4.78, 5) is 12.2. The first kappa shape index (κ1) is 13.8. The lowest BCUT2D eigenvalue weighted by molar-refractivity contribution is 0.559. The number of hydrogen-bond donors (Lipinski definition) is 1. The van der Waals surface area contributed by atoms with E-state index >= 15 is 0 Å². The van der Waals surface area contributed by atoms with E-state index in [1.165, 1.54) is 5.56 Å². The Labute approximate surface area is 125 Å². The summed E-state index contributed by atoms with van der Waals surface area (Å²) >= 11 is 0. The highest BCUT2D eigenvalue weighted by molar-refractivity contribution is 5.74. The maximum atomic E-state index is 4.70. The number of H-pyrrole nitrogens is 1. The molecule has 3 aromatic rings. The maximum Gasteiger partial charge on any atom is 0.110 e. The summed E-state index contributed by atoms with van der Waals surface area (Å²) in [7, 11) is 0. The minimum absolute atomic E-state index is 0.446. The Kier molecular flexibility index (Phi) is 4.00. The Bertz CT molecular complexity index is 670. The van der Waals surface area contributed by atoms with Crippen molar-refractivity contribution in [3.63, 3.8) is 0 Å². The molecule has 0 bridgehead atoms. The fraction of sp³-hybridized carbons (Fsp3) is 0.333. The van der Waals surface area contributed by atoms with Crippen LogP contribution in [0.3, 0.4) is 0 Å². The fourth-order valence-corrected chi connectivity index (χ4v) is 2.70. The summed E-state index contributed by atoms with van der Waals surface area (Å²) < 4.78 is 0. The highest BCUT2D eigenvalue weighted by Crippen LogP contribution is 2.27. The summed E-state index contributed by atoms with van der Waals surface area (Å²) in [6.07, 6.45) is 6.02. The molecule has 0 fully saturated rings. The van der Waals surface area contributed by atoms with E-state index in [-0.39, 0.29) is 0 Å². The van der Waals surface area contributed by atoms with Crippen molar-refractivity contribution in [2.75, 3.05) is 0 Å². The van der Waals surface area contributed by atoms with Crippen LogP contribution in [0.2, 0.25) is 0 Å². The third kappa shape index (κ3) is 3.13. The number of hydrogen-bond acceptors (Lipinski definition) is 2. The fourth-order valence-electron chi connectivity index (χ4n) is 2.70. The third-order valence-electron chi connectivity index (χ3n) is 4.18. The first-order chi connectivity index (χ1) is 10.2. The first-order valence-electron chi connectivity index (χ1n) is 7.58. The molecule has 21 heavy (non-hydrogen) atoms. The average molecular weight is 279 g/mol. The molecule has 0 radical (unpaired) electrons. The number of nitrogens with one attached hydrogen (secondary N) is 1. The molecule has 0 aliphatic carbocycles. The van der Waals surface area contributed by atoms with Gasteiger partial charge in [0.2, 0.25) is 0 Å². The SMILES string of the molecule is CC(CCC(C)c1nc2ccccc2[nH]1)c1ccncc1. The highest BCUT2D eigenvalue weighted by Gasteiger charge is 2.13. The van der Waals surface area contributed by atoms with Gasteiger partial charge in [0.1, 0.15) is 5.82 Å². The largest absolute Gasteiger partial charge is 0.342 e. The molecule has 0 saturated heterocycles. The van der Waals surface area contributed by atoms with Crippen molar-refractivity contribution in [1.29, 1.82) is 0 Å². The van der Waals surface area contributed by atoms with Gasteiger partial charge in [0.15, 0.2) is 0 Å². The highest BCUT2D eigenvalue weighted by atomic mass is 14.9. The second-order valence-corrected chi connectivity index (χ2v) is 5.80. The van der Waals surface area contributed by atoms with Crippen LogP contribution in [0.15, 0.2) is 48.8 Å². The van der Waals surface area contributed by atoms with Crippen molar-refractivity contribution in [3.05, 3.63) is 60.2 Å². The van der Waals surface area contributed by atoms with Gasteiger partial charge in [-0.15, -0.1) is 0 Å². The molecule has 0 amide bonds. The quantitative estimate of drug-likeness (QED) is 0.739. The van der Waals surface area contributed by atoms with E-state index in [1.54, 1.807) is 0 Å². The minimum atomic E-state index is 0.446. The summed E-state index contributed by atoms with van der Waals surface area (Å²) in [6.45, 7) is 4.53. The van der Waals surface area contributed by atoms with Gasteiger partial charge < -0.3 is 4.98 Å². The number of rotatable bonds is 5. The van der Waals surface area contributed by atoms with Crippen molar-refractivity contribution >= 4 is 11.0 Å². The first-order valence-corrected chi connectivity index (χ1v) is 7.58. The van der Waals surface area contributed by atoms with Gasteiger partial charge in [-0.05, 0) is 48.6 Å². The number of imidazole rings is 1. The van der Waals surface area contributed by atoms with Crippen molar-refractivity contribution in [2.24, 2.45) is 0 Å². The molecule has 108 valence electrons. The van der Waals surface area contributed by atoms with Crippen molar-refractivity contribution in [2.45, 2.75) is 38.5 Å². The minimum Gasteiger partial charge on any atom is -0.342 e. The Morgan fingerprint density at radius 3 is 2.43 bits per heavy atom. The normalized spacial score (nSPS) is 14.2. The van der Waals surface area contributed by atoms with Gasteiger partial charge in [0, 0.05) is 18.3 Å². The molecule has 3 nitrogen and oxygen atoms in total. The smallest absolute Gasteiger partial charge is 0.110 e. The number of aromatic nitrogens is 3. The van der Waals surface area contributed by atoms with E-state index in [0.29, 0.717) is 11.8 Å². The average Bonchev–Trinajstić information content (AvgIpc) is 2.97. The summed E-state index contributed by atoms with van der Waals surface area (Å²) in [5.74, 6) is 2.10. The van der Waals surface area contributed by atoms with Crippen LogP contribution >= 0.6 is 0 Å². The van der Waals surface area contributed by atoms with E-state index in [9.17, 15) is 0 Å². The van der Waals surface area contributed by atoms with Gasteiger partial charge in [-0.2, -0.15) is 0 Å². The zero-order valence-electron chi connectivity index (χ0n) is 12.6. The van der Waals surface area contributed by atoms with Gasteiger partial charge in [-0.25, -0.2) is 4.98 Å². The van der Waals surface area contributed by atoms with Crippen LogP contribution in [-0.2, 0) is 0 Å². The van der Waals surface area contributed by atoms with Crippen LogP contribution in [0.25, 0.3) is 11.0 Å². The Balaban J connectivity index is 1.65. The molecular weight excluding hydrogens is 258 g/mol. The molecule has 3 heteroatoms. The number of pyridine rings is 1. The van der Waals surface area contributed by atoms with Gasteiger partial charge in [-0.1, -0.05) is 26.0 Å². The van der Waals surface area contributed by atoms with Crippen LogP contribution in [-0.4, -0.2) is 15.0 Å². The lowest BCUT2D eigenvalue weighted by Gasteiger charge is -2.14. The molecule has 1 N–H and O–H groups in total. The summed E-state index contributed by atoms with van der Waals surface area (Å²) in [5.41, 5.74) is 3.55. The van der Waals surface area contributed by atoms with Crippen molar-refractivity contribution in [1.82, 2.24) is 15.0 Å². The van der Waals surface area contributed by atoms with Crippen molar-refractivity contribution < 1.29 is 0 Å². The predicted octanol–water partition coefficient (Wildman–Crippen LogP) is 4.65. The number of benzene rings is 1. The number of aromatic amines is 1. The Morgan fingerprint density at radius 2 is 1.67 bits per heavy atom. The summed E-state index contributed by atoms with van der Waals surface area (Å²) in [6, 6.07) is 12.4. The van der Waals surface area contributed by atoms with Gasteiger partial charge in [0.25, 0.3) is 0 Å². The molecule has 3 rings (SSSR count). The van der Waals surface area contributed by atoms with Gasteiger partial charge in [0.05, 0.1) is 11.0 Å². The van der Waals surface area contributed by atoms with Crippen LogP contribution in [0.5, 0.6) is 0 Å². The number of nitrogens with zero attached hydrogens (tertiary/aromatic N) is 2. The second-order valence-electron chi connectivity index (χ2n) is 5.80. The van der Waals surface area contributed by atoms with Crippen molar-refractivity contribution in [3.8, 4) is 0 Å². The molecule has 2 unspecified atom stereocenters. The van der Waals surface area contributed by atoms with Crippen LogP contribution < -0.4 is 0 Å². The van der Waals surface area contributed by atoms with E-state index in [2.05, 4.69) is 48.1 Å². The molecule has 0 aliphatic heterocycles. The lowest BCUT2D eigenvalue weighted by Crippen LogP contribution is -2.00. The van der Waals surface area contributed by atoms with Crippen LogP contribution in [0.1, 0.15) is 49.9 Å². The number of fused-ring (bicyclic) bond motifs is 1. The van der Waals surface area contributed by atoms with E-state index in [0.717, 1.165) is 29.7 Å². The zero-order chi connectivity index (χ0) is 14.7. The van der Waals surface area contributed by atoms with E-state index < -0.39 is 0 Å². The van der Waals surface area contributed by atoms with E-state index in [4.69, 9.17) is 4.98 Å². The maximum absolute atomic E-state index is 4.70. The monoisotopic (exact) mass is 279 g/mol. The van der Waals surface area contributed by atoms with Crippen LogP contribution in [0.4, 0.5) is 0 Å². The van der Waals surface area contributed by atoms with E-state index in [1.807, 2.05) is 24.5 Å². The second kappa shape index (κ2) is 6.08. The molecule has 1 aromatic carbocycles. The lowest BCUT2D eigenvalue weighted by atomic mass is 9.93. The van der Waals surface area contributed by atoms with Gasteiger partial charge in [-0.3, -0.25) is 4.98 Å². The molecule has 2 heterocycles.